The summed E-state index contributed by atoms with van der Waals surface area (Å²) in [4.78, 5) is 0. The molecule has 2 aromatic heterocycles. The fourth-order valence-corrected chi connectivity index (χ4v) is 2.65. The second-order valence-corrected chi connectivity index (χ2v) is 4.93. The minimum Gasteiger partial charge on any atom is -0.363 e. The summed E-state index contributed by atoms with van der Waals surface area (Å²) in [5, 5.41) is 12.1. The van der Waals surface area contributed by atoms with E-state index in [1.54, 1.807) is 4.68 Å². The van der Waals surface area contributed by atoms with Crippen LogP contribution >= 0.6 is 0 Å². The molecule has 18 heavy (non-hydrogen) atoms. The molecule has 96 valence electrons. The Morgan fingerprint density at radius 2 is 2.17 bits per heavy atom. The monoisotopic (exact) mass is 245 g/mol. The van der Waals surface area contributed by atoms with Gasteiger partial charge in [0.25, 0.3) is 0 Å². The van der Waals surface area contributed by atoms with Gasteiger partial charge in [0.15, 0.2) is 0 Å². The highest BCUT2D eigenvalue weighted by atomic mass is 15.3. The van der Waals surface area contributed by atoms with Crippen molar-refractivity contribution in [1.82, 2.24) is 19.6 Å². The van der Waals surface area contributed by atoms with Crippen molar-refractivity contribution in [1.29, 1.82) is 0 Å². The largest absolute Gasteiger partial charge is 0.363 e. The van der Waals surface area contributed by atoms with Crippen LogP contribution in [0.3, 0.4) is 0 Å². The molecule has 1 aliphatic carbocycles. The van der Waals surface area contributed by atoms with Crippen LogP contribution in [-0.4, -0.2) is 19.6 Å². The van der Waals surface area contributed by atoms with Gasteiger partial charge in [-0.1, -0.05) is 12.8 Å². The molecule has 2 aromatic rings. The molecule has 0 atom stereocenters. The third-order valence-corrected chi connectivity index (χ3v) is 3.59. The van der Waals surface area contributed by atoms with E-state index in [0.717, 1.165) is 12.4 Å². The zero-order valence-corrected chi connectivity index (χ0v) is 10.7. The van der Waals surface area contributed by atoms with Crippen molar-refractivity contribution in [2.45, 2.75) is 38.3 Å². The lowest BCUT2D eigenvalue weighted by Crippen LogP contribution is -2.13. The molecule has 0 bridgehead atoms. The second-order valence-electron chi connectivity index (χ2n) is 4.93. The van der Waals surface area contributed by atoms with E-state index >= 15 is 0 Å². The van der Waals surface area contributed by atoms with Crippen LogP contribution in [0.4, 0.5) is 5.82 Å². The van der Waals surface area contributed by atoms with Crippen molar-refractivity contribution < 1.29 is 0 Å². The quantitative estimate of drug-likeness (QED) is 0.899. The molecule has 0 amide bonds. The van der Waals surface area contributed by atoms with Crippen molar-refractivity contribution in [3.05, 3.63) is 30.2 Å². The predicted octanol–water partition coefficient (Wildman–Crippen LogP) is 2.34. The zero-order valence-electron chi connectivity index (χ0n) is 10.7. The zero-order chi connectivity index (χ0) is 12.4. The third kappa shape index (κ3) is 2.25. The lowest BCUT2D eigenvalue weighted by Gasteiger charge is -2.14. The lowest BCUT2D eigenvalue weighted by molar-refractivity contribution is 0.452. The predicted molar refractivity (Wildman–Crippen MR) is 70.3 cm³/mol. The van der Waals surface area contributed by atoms with Crippen LogP contribution < -0.4 is 5.32 Å². The van der Waals surface area contributed by atoms with Crippen molar-refractivity contribution >= 4 is 5.82 Å². The van der Waals surface area contributed by atoms with Gasteiger partial charge in [0.1, 0.15) is 5.82 Å². The number of hydrogen-bond donors (Lipinski definition) is 1. The number of nitrogens with zero attached hydrogens (tertiary/aromatic N) is 4. The maximum absolute atomic E-state index is 4.47. The van der Waals surface area contributed by atoms with E-state index in [2.05, 4.69) is 26.3 Å². The highest BCUT2D eigenvalue weighted by molar-refractivity contribution is 5.32. The van der Waals surface area contributed by atoms with E-state index < -0.39 is 0 Å². The maximum Gasteiger partial charge on any atom is 0.148 e. The van der Waals surface area contributed by atoms with Crippen molar-refractivity contribution in [2.75, 3.05) is 5.32 Å². The Bertz CT molecular complexity index is 507. The van der Waals surface area contributed by atoms with Gasteiger partial charge >= 0.3 is 0 Å². The van der Waals surface area contributed by atoms with E-state index in [1.165, 1.54) is 31.4 Å². The Morgan fingerprint density at radius 3 is 2.89 bits per heavy atom. The molecule has 0 saturated heterocycles. The van der Waals surface area contributed by atoms with Crippen molar-refractivity contribution in [3.8, 4) is 0 Å². The van der Waals surface area contributed by atoms with Gasteiger partial charge in [-0.3, -0.25) is 9.36 Å². The van der Waals surface area contributed by atoms with E-state index in [-0.39, 0.29) is 0 Å². The molecule has 1 aliphatic rings. The SMILES string of the molecule is Cn1ccc(NCc2ccnn2C2CCCC2)n1. The van der Waals surface area contributed by atoms with Crippen LogP contribution in [-0.2, 0) is 13.6 Å². The summed E-state index contributed by atoms with van der Waals surface area (Å²) in [5.41, 5.74) is 1.24. The first-order chi connectivity index (χ1) is 8.83. The summed E-state index contributed by atoms with van der Waals surface area (Å²) in [6.45, 7) is 0.785. The number of nitrogens with one attached hydrogen (secondary N) is 1. The second kappa shape index (κ2) is 4.84. The standard InChI is InChI=1S/C13H19N5/c1-17-9-7-13(16-17)14-10-12-6-8-15-18(12)11-4-2-3-5-11/h6-9,11H,2-5,10H2,1H3,(H,14,16). The molecule has 1 N–H and O–H groups in total. The minimum atomic E-state index is 0.598. The van der Waals surface area contributed by atoms with Crippen LogP contribution in [0, 0.1) is 0 Å². The molecular formula is C13H19N5. The first-order valence-corrected chi connectivity index (χ1v) is 6.59. The van der Waals surface area contributed by atoms with Gasteiger partial charge in [-0.05, 0) is 18.9 Å². The Morgan fingerprint density at radius 1 is 1.33 bits per heavy atom. The number of rotatable bonds is 4. The van der Waals surface area contributed by atoms with Gasteiger partial charge in [-0.2, -0.15) is 10.2 Å². The first kappa shape index (κ1) is 11.3. The van der Waals surface area contributed by atoms with E-state index in [9.17, 15) is 0 Å². The summed E-state index contributed by atoms with van der Waals surface area (Å²) >= 11 is 0. The van der Waals surface area contributed by atoms with Crippen LogP contribution in [0.1, 0.15) is 37.4 Å². The fourth-order valence-electron chi connectivity index (χ4n) is 2.65. The molecule has 3 rings (SSSR count). The molecule has 1 saturated carbocycles. The molecule has 5 heteroatoms. The Hall–Kier alpha value is -1.78. The molecule has 2 heterocycles. The summed E-state index contributed by atoms with van der Waals surface area (Å²) in [5.74, 6) is 0.914. The summed E-state index contributed by atoms with van der Waals surface area (Å²) in [7, 11) is 1.92. The van der Waals surface area contributed by atoms with E-state index in [0.29, 0.717) is 6.04 Å². The van der Waals surface area contributed by atoms with Gasteiger partial charge < -0.3 is 5.32 Å². The summed E-state index contributed by atoms with van der Waals surface area (Å²) < 4.78 is 3.99. The normalized spacial score (nSPS) is 16.3. The molecule has 0 aromatic carbocycles. The van der Waals surface area contributed by atoms with Crippen LogP contribution in [0.5, 0.6) is 0 Å². The minimum absolute atomic E-state index is 0.598. The molecule has 5 nitrogen and oxygen atoms in total. The molecule has 0 radical (unpaired) electrons. The Kier molecular flexibility index (Phi) is 3.04. The van der Waals surface area contributed by atoms with Gasteiger partial charge in [0, 0.05) is 25.5 Å². The van der Waals surface area contributed by atoms with Crippen LogP contribution in [0.15, 0.2) is 24.5 Å². The fraction of sp³-hybridized carbons (Fsp3) is 0.538. The highest BCUT2D eigenvalue weighted by Crippen LogP contribution is 2.29. The molecule has 0 spiro atoms. The summed E-state index contributed by atoms with van der Waals surface area (Å²) in [6, 6.07) is 4.67. The molecule has 0 unspecified atom stereocenters. The highest BCUT2D eigenvalue weighted by Gasteiger charge is 2.19. The Balaban J connectivity index is 1.67. The maximum atomic E-state index is 4.47. The topological polar surface area (TPSA) is 47.7 Å². The average Bonchev–Trinajstić information content (AvgIpc) is 3.07. The smallest absolute Gasteiger partial charge is 0.148 e. The third-order valence-electron chi connectivity index (χ3n) is 3.59. The first-order valence-electron chi connectivity index (χ1n) is 6.59. The lowest BCUT2D eigenvalue weighted by atomic mass is 10.2. The van der Waals surface area contributed by atoms with Gasteiger partial charge in [0.2, 0.25) is 0 Å². The number of aryl methyl sites for hydroxylation is 1. The van der Waals surface area contributed by atoms with Crippen molar-refractivity contribution in [3.63, 3.8) is 0 Å². The molecular weight excluding hydrogens is 226 g/mol. The van der Waals surface area contributed by atoms with Gasteiger partial charge in [0.05, 0.1) is 18.3 Å². The van der Waals surface area contributed by atoms with Crippen molar-refractivity contribution in [2.24, 2.45) is 7.05 Å². The van der Waals surface area contributed by atoms with Gasteiger partial charge in [-0.15, -0.1) is 0 Å². The van der Waals surface area contributed by atoms with Crippen LogP contribution in [0.25, 0.3) is 0 Å². The number of hydrogen-bond acceptors (Lipinski definition) is 3. The number of anilines is 1. The van der Waals surface area contributed by atoms with Gasteiger partial charge in [-0.25, -0.2) is 0 Å². The van der Waals surface area contributed by atoms with E-state index in [1.807, 2.05) is 25.5 Å². The van der Waals surface area contributed by atoms with Crippen LogP contribution in [0.2, 0.25) is 0 Å². The van der Waals surface area contributed by atoms with E-state index in [4.69, 9.17) is 0 Å². The summed E-state index contributed by atoms with van der Waals surface area (Å²) in [6.07, 6.45) is 9.02. The number of aromatic nitrogens is 4. The average molecular weight is 245 g/mol. The molecule has 1 fully saturated rings. The molecule has 0 aliphatic heterocycles. The Labute approximate surface area is 107 Å².